The summed E-state index contributed by atoms with van der Waals surface area (Å²) in [5.41, 5.74) is 1.38. The number of benzene rings is 1. The molecule has 0 saturated heterocycles. The fraction of sp³-hybridized carbons (Fsp3) is 0.625. The van der Waals surface area contributed by atoms with Crippen molar-refractivity contribution in [2.45, 2.75) is 45.1 Å². The van der Waals surface area contributed by atoms with Gasteiger partial charge in [0, 0.05) is 12.6 Å². The summed E-state index contributed by atoms with van der Waals surface area (Å²) in [4.78, 5) is 0.341. The summed E-state index contributed by atoms with van der Waals surface area (Å²) in [5.74, 6) is 0.459. The maximum Gasteiger partial charge on any atom is 0.240 e. The van der Waals surface area contributed by atoms with E-state index in [1.54, 1.807) is 12.1 Å². The van der Waals surface area contributed by atoms with Gasteiger partial charge in [-0.3, -0.25) is 0 Å². The van der Waals surface area contributed by atoms with Crippen molar-refractivity contribution >= 4 is 10.0 Å². The zero-order valence-corrected chi connectivity index (χ0v) is 14.1. The van der Waals surface area contributed by atoms with Gasteiger partial charge in [0.05, 0.1) is 4.90 Å². The molecule has 118 valence electrons. The first-order chi connectivity index (χ1) is 9.76. The van der Waals surface area contributed by atoms with Crippen molar-refractivity contribution in [2.24, 2.45) is 11.3 Å². The minimum absolute atomic E-state index is 0.229. The Balaban J connectivity index is 2.00. The fourth-order valence-corrected chi connectivity index (χ4v) is 3.66. The highest BCUT2D eigenvalue weighted by Gasteiger charge is 2.45. The van der Waals surface area contributed by atoms with E-state index in [2.05, 4.69) is 37.7 Å². The molecule has 1 aliphatic carbocycles. The van der Waals surface area contributed by atoms with Crippen molar-refractivity contribution in [2.75, 3.05) is 13.1 Å². The maximum atomic E-state index is 12.3. The zero-order chi connectivity index (χ0) is 15.7. The predicted molar refractivity (Wildman–Crippen MR) is 85.6 cm³/mol. The molecule has 0 radical (unpaired) electrons. The summed E-state index contributed by atoms with van der Waals surface area (Å²) in [6, 6.07) is 7.35. The van der Waals surface area contributed by atoms with E-state index < -0.39 is 10.0 Å². The first kappa shape index (κ1) is 16.5. The molecule has 0 spiro atoms. The average Bonchev–Trinajstić information content (AvgIpc) is 3.05. The summed E-state index contributed by atoms with van der Waals surface area (Å²) < 4.78 is 27.2. The second-order valence-electron chi connectivity index (χ2n) is 6.59. The molecule has 0 heterocycles. The molecule has 2 N–H and O–H groups in total. The highest BCUT2D eigenvalue weighted by Crippen LogP contribution is 2.51. The molecule has 0 aliphatic heterocycles. The van der Waals surface area contributed by atoms with E-state index in [9.17, 15) is 8.42 Å². The van der Waals surface area contributed by atoms with E-state index in [4.69, 9.17) is 0 Å². The van der Waals surface area contributed by atoms with Gasteiger partial charge < -0.3 is 5.32 Å². The summed E-state index contributed by atoms with van der Waals surface area (Å²) >= 11 is 0. The summed E-state index contributed by atoms with van der Waals surface area (Å²) in [6.07, 6.45) is 1.09. The third-order valence-electron chi connectivity index (χ3n) is 4.44. The van der Waals surface area contributed by atoms with Crippen LogP contribution in [0.25, 0.3) is 0 Å². The van der Waals surface area contributed by atoms with Crippen LogP contribution in [0, 0.1) is 11.3 Å². The molecule has 1 aromatic rings. The van der Waals surface area contributed by atoms with Gasteiger partial charge in [-0.05, 0) is 48.9 Å². The second-order valence-corrected chi connectivity index (χ2v) is 8.36. The van der Waals surface area contributed by atoms with Crippen LogP contribution in [0.5, 0.6) is 0 Å². The standard InChI is InChI=1S/C16H26N2O2S/c1-5-17-12(2)13-6-8-15(9-7-13)21(19,20)18-11-14-10-16(14,3)4/h6-9,12,14,17-18H,5,10-11H2,1-4H3. The SMILES string of the molecule is CCNC(C)c1ccc(S(=O)(=O)NCC2CC2(C)C)cc1. The summed E-state index contributed by atoms with van der Waals surface area (Å²) in [6.45, 7) is 9.88. The molecular weight excluding hydrogens is 284 g/mol. The van der Waals surface area contributed by atoms with Crippen LogP contribution in [-0.4, -0.2) is 21.5 Å². The quantitative estimate of drug-likeness (QED) is 0.814. The van der Waals surface area contributed by atoms with Crippen LogP contribution in [0.15, 0.2) is 29.2 Å². The minimum atomic E-state index is -3.39. The van der Waals surface area contributed by atoms with E-state index in [1.165, 1.54) is 0 Å². The number of nitrogens with one attached hydrogen (secondary N) is 2. The Hall–Kier alpha value is -0.910. The lowest BCUT2D eigenvalue weighted by Crippen LogP contribution is -2.27. The molecule has 2 rings (SSSR count). The van der Waals surface area contributed by atoms with Crippen molar-refractivity contribution in [1.82, 2.24) is 10.0 Å². The van der Waals surface area contributed by atoms with Gasteiger partial charge in [0.15, 0.2) is 0 Å². The van der Waals surface area contributed by atoms with Gasteiger partial charge in [0.2, 0.25) is 10.0 Å². The molecule has 21 heavy (non-hydrogen) atoms. The lowest BCUT2D eigenvalue weighted by Gasteiger charge is -2.13. The highest BCUT2D eigenvalue weighted by atomic mass is 32.2. The molecule has 2 unspecified atom stereocenters. The Morgan fingerprint density at radius 3 is 2.33 bits per heavy atom. The molecule has 1 aromatic carbocycles. The number of sulfonamides is 1. The first-order valence-corrected chi connectivity index (χ1v) is 9.07. The maximum absolute atomic E-state index is 12.3. The molecule has 2 atom stereocenters. The Kier molecular flexibility index (Phi) is 4.76. The van der Waals surface area contributed by atoms with Gasteiger partial charge in [-0.1, -0.05) is 32.9 Å². The van der Waals surface area contributed by atoms with Gasteiger partial charge in [-0.15, -0.1) is 0 Å². The molecule has 0 bridgehead atoms. The van der Waals surface area contributed by atoms with Crippen LogP contribution in [0.3, 0.4) is 0 Å². The van der Waals surface area contributed by atoms with Crippen molar-refractivity contribution in [1.29, 1.82) is 0 Å². The highest BCUT2D eigenvalue weighted by molar-refractivity contribution is 7.89. The largest absolute Gasteiger partial charge is 0.310 e. The van der Waals surface area contributed by atoms with Crippen LogP contribution in [0.1, 0.15) is 45.7 Å². The second kappa shape index (κ2) is 6.07. The molecule has 4 nitrogen and oxygen atoms in total. The molecule has 0 aromatic heterocycles. The number of hydrogen-bond donors (Lipinski definition) is 2. The Morgan fingerprint density at radius 2 is 1.86 bits per heavy atom. The lowest BCUT2D eigenvalue weighted by molar-refractivity contribution is 0.537. The molecule has 1 fully saturated rings. The lowest BCUT2D eigenvalue weighted by atomic mass is 10.1. The molecule has 1 aliphatic rings. The van der Waals surface area contributed by atoms with Crippen molar-refractivity contribution in [3.63, 3.8) is 0 Å². The zero-order valence-electron chi connectivity index (χ0n) is 13.3. The molecule has 1 saturated carbocycles. The Morgan fingerprint density at radius 1 is 1.29 bits per heavy atom. The van der Waals surface area contributed by atoms with Gasteiger partial charge in [-0.25, -0.2) is 13.1 Å². The molecule has 0 amide bonds. The van der Waals surface area contributed by atoms with Crippen molar-refractivity contribution in [3.05, 3.63) is 29.8 Å². The third-order valence-corrected chi connectivity index (χ3v) is 5.88. The van der Waals surface area contributed by atoms with Gasteiger partial charge in [0.25, 0.3) is 0 Å². The number of rotatable bonds is 7. The van der Waals surface area contributed by atoms with E-state index in [-0.39, 0.29) is 11.5 Å². The Labute approximate surface area is 128 Å². The third kappa shape index (κ3) is 4.05. The topological polar surface area (TPSA) is 58.2 Å². The van der Waals surface area contributed by atoms with Crippen LogP contribution in [0.2, 0.25) is 0 Å². The number of hydrogen-bond acceptors (Lipinski definition) is 3. The van der Waals surface area contributed by atoms with Crippen molar-refractivity contribution in [3.8, 4) is 0 Å². The molecular formula is C16H26N2O2S. The van der Waals surface area contributed by atoms with Crippen LogP contribution >= 0.6 is 0 Å². The van der Waals surface area contributed by atoms with Gasteiger partial charge >= 0.3 is 0 Å². The van der Waals surface area contributed by atoms with Crippen molar-refractivity contribution < 1.29 is 8.42 Å². The average molecular weight is 310 g/mol. The van der Waals surface area contributed by atoms with Gasteiger partial charge in [0.1, 0.15) is 0 Å². The van der Waals surface area contributed by atoms with E-state index >= 15 is 0 Å². The van der Waals surface area contributed by atoms with Gasteiger partial charge in [-0.2, -0.15) is 0 Å². The Bertz CT molecular complexity index is 579. The smallest absolute Gasteiger partial charge is 0.240 e. The summed E-state index contributed by atoms with van der Waals surface area (Å²) in [5, 5.41) is 3.31. The predicted octanol–water partition coefficient (Wildman–Crippen LogP) is 2.68. The van der Waals surface area contributed by atoms with Crippen LogP contribution in [-0.2, 0) is 10.0 Å². The first-order valence-electron chi connectivity index (χ1n) is 7.59. The summed E-state index contributed by atoms with van der Waals surface area (Å²) in [7, 11) is -3.39. The van der Waals surface area contributed by atoms with E-state index in [1.807, 2.05) is 12.1 Å². The van der Waals surface area contributed by atoms with E-state index in [0.29, 0.717) is 17.4 Å². The normalized spacial score (nSPS) is 22.0. The fourth-order valence-electron chi connectivity index (χ4n) is 2.58. The monoisotopic (exact) mass is 310 g/mol. The minimum Gasteiger partial charge on any atom is -0.310 e. The van der Waals surface area contributed by atoms with Crippen LogP contribution in [0.4, 0.5) is 0 Å². The van der Waals surface area contributed by atoms with Crippen LogP contribution < -0.4 is 10.0 Å². The molecule has 5 heteroatoms. The van der Waals surface area contributed by atoms with E-state index in [0.717, 1.165) is 18.5 Å².